The number of hydrogen-bond donors (Lipinski definition) is 1. The van der Waals surface area contributed by atoms with E-state index in [4.69, 9.17) is 4.74 Å². The van der Waals surface area contributed by atoms with Crippen molar-refractivity contribution in [1.82, 2.24) is 25.1 Å². The highest BCUT2D eigenvalue weighted by atomic mass is 16.5. The first kappa shape index (κ1) is 17.2. The summed E-state index contributed by atoms with van der Waals surface area (Å²) in [5.74, 6) is 1.67. The molecule has 1 aliphatic heterocycles. The lowest BCUT2D eigenvalue weighted by atomic mass is 9.98. The molecule has 25 heavy (non-hydrogen) atoms. The maximum atomic E-state index is 12.2. The smallest absolute Gasteiger partial charge is 0.254 e. The summed E-state index contributed by atoms with van der Waals surface area (Å²) >= 11 is 0. The van der Waals surface area contributed by atoms with E-state index in [0.29, 0.717) is 29.7 Å². The van der Waals surface area contributed by atoms with Crippen molar-refractivity contribution in [3.8, 4) is 5.75 Å². The zero-order valence-electron chi connectivity index (χ0n) is 14.7. The molecule has 1 aliphatic rings. The predicted molar refractivity (Wildman–Crippen MR) is 93.8 cm³/mol. The second kappa shape index (κ2) is 7.96. The number of nitrogens with zero attached hydrogens (tertiary/aromatic N) is 5. The van der Waals surface area contributed by atoms with E-state index in [1.807, 2.05) is 6.92 Å². The van der Waals surface area contributed by atoms with Crippen molar-refractivity contribution in [2.45, 2.75) is 26.3 Å². The van der Waals surface area contributed by atoms with Gasteiger partial charge in [0.15, 0.2) is 5.75 Å². The summed E-state index contributed by atoms with van der Waals surface area (Å²) in [6, 6.07) is 0. The molecular formula is C17H24N6O2. The summed E-state index contributed by atoms with van der Waals surface area (Å²) in [6.45, 7) is 5.16. The standard InChI is InChI=1S/C17H24N6O2/c1-3-23-12-14(8-21-23)16(24)18-7-13-5-4-6-22(11-13)17-19-9-15(25-2)10-20-17/h8-10,12-13H,3-7,11H2,1-2H3,(H,18,24). The number of rotatable bonds is 6. The SMILES string of the molecule is CCn1cc(C(=O)NCC2CCCN(c3ncc(OC)cn3)C2)cn1. The molecule has 0 aliphatic carbocycles. The van der Waals surface area contributed by atoms with Gasteiger partial charge in [0.25, 0.3) is 5.91 Å². The Morgan fingerprint density at radius 2 is 2.16 bits per heavy atom. The minimum absolute atomic E-state index is 0.0717. The van der Waals surface area contributed by atoms with Crippen LogP contribution >= 0.6 is 0 Å². The van der Waals surface area contributed by atoms with E-state index in [2.05, 4.69) is 25.3 Å². The summed E-state index contributed by atoms with van der Waals surface area (Å²) in [7, 11) is 1.60. The Labute approximate surface area is 147 Å². The number of methoxy groups -OCH3 is 1. The summed E-state index contributed by atoms with van der Waals surface area (Å²) in [5, 5.41) is 7.15. The molecule has 2 aromatic rings. The number of hydrogen-bond acceptors (Lipinski definition) is 6. The molecule has 0 radical (unpaired) electrons. The number of aryl methyl sites for hydroxylation is 1. The fourth-order valence-electron chi connectivity index (χ4n) is 2.98. The molecule has 1 atom stereocenters. The van der Waals surface area contributed by atoms with Gasteiger partial charge < -0.3 is 15.0 Å². The lowest BCUT2D eigenvalue weighted by molar-refractivity contribution is 0.0945. The van der Waals surface area contributed by atoms with Gasteiger partial charge in [0.05, 0.1) is 31.3 Å². The number of aromatic nitrogens is 4. The number of nitrogens with one attached hydrogen (secondary N) is 1. The van der Waals surface area contributed by atoms with Crippen LogP contribution in [0.25, 0.3) is 0 Å². The Bertz CT molecular complexity index is 699. The minimum Gasteiger partial charge on any atom is -0.494 e. The van der Waals surface area contributed by atoms with Crippen molar-refractivity contribution >= 4 is 11.9 Å². The van der Waals surface area contributed by atoms with E-state index in [-0.39, 0.29) is 5.91 Å². The Balaban J connectivity index is 1.53. The third kappa shape index (κ3) is 4.26. The van der Waals surface area contributed by atoms with Gasteiger partial charge in [-0.3, -0.25) is 9.48 Å². The molecule has 1 unspecified atom stereocenters. The van der Waals surface area contributed by atoms with E-state index in [1.54, 1.807) is 36.6 Å². The maximum Gasteiger partial charge on any atom is 0.254 e. The molecule has 0 saturated carbocycles. The van der Waals surface area contributed by atoms with Crippen molar-refractivity contribution < 1.29 is 9.53 Å². The lowest BCUT2D eigenvalue weighted by Gasteiger charge is -2.32. The molecule has 1 N–H and O–H groups in total. The predicted octanol–water partition coefficient (Wildman–Crippen LogP) is 1.35. The molecule has 0 bridgehead atoms. The fourth-order valence-corrected chi connectivity index (χ4v) is 2.98. The molecule has 3 heterocycles. The molecule has 8 nitrogen and oxygen atoms in total. The molecule has 0 aromatic carbocycles. The summed E-state index contributed by atoms with van der Waals surface area (Å²) in [4.78, 5) is 23.1. The highest BCUT2D eigenvalue weighted by Gasteiger charge is 2.22. The van der Waals surface area contributed by atoms with Crippen LogP contribution in [0.5, 0.6) is 5.75 Å². The molecule has 1 fully saturated rings. The number of carbonyl (C=O) groups excluding carboxylic acids is 1. The maximum absolute atomic E-state index is 12.2. The molecule has 0 spiro atoms. The number of anilines is 1. The highest BCUT2D eigenvalue weighted by Crippen LogP contribution is 2.20. The Morgan fingerprint density at radius 1 is 1.36 bits per heavy atom. The third-order valence-corrected chi connectivity index (χ3v) is 4.42. The van der Waals surface area contributed by atoms with Gasteiger partial charge in [0, 0.05) is 32.4 Å². The Morgan fingerprint density at radius 3 is 2.84 bits per heavy atom. The summed E-state index contributed by atoms with van der Waals surface area (Å²) in [5.41, 5.74) is 0.605. The fraction of sp³-hybridized carbons (Fsp3) is 0.529. The van der Waals surface area contributed by atoms with E-state index in [0.717, 1.165) is 32.5 Å². The molecule has 1 amide bonds. The van der Waals surface area contributed by atoms with E-state index >= 15 is 0 Å². The first-order valence-electron chi connectivity index (χ1n) is 8.61. The van der Waals surface area contributed by atoms with Gasteiger partial charge >= 0.3 is 0 Å². The van der Waals surface area contributed by atoms with Crippen LogP contribution in [0, 0.1) is 5.92 Å². The Kier molecular flexibility index (Phi) is 5.47. The largest absolute Gasteiger partial charge is 0.494 e. The number of amides is 1. The van der Waals surface area contributed by atoms with Crippen LogP contribution in [-0.2, 0) is 6.54 Å². The summed E-state index contributed by atoms with van der Waals surface area (Å²) < 4.78 is 6.84. The van der Waals surface area contributed by atoms with E-state index in [9.17, 15) is 4.79 Å². The quantitative estimate of drug-likeness (QED) is 0.851. The molecular weight excluding hydrogens is 320 g/mol. The second-order valence-corrected chi connectivity index (χ2v) is 6.17. The van der Waals surface area contributed by atoms with Crippen LogP contribution in [0.15, 0.2) is 24.8 Å². The average molecular weight is 344 g/mol. The van der Waals surface area contributed by atoms with Crippen molar-refractivity contribution in [3.05, 3.63) is 30.4 Å². The zero-order valence-corrected chi connectivity index (χ0v) is 14.7. The van der Waals surface area contributed by atoms with Gasteiger partial charge in [-0.05, 0) is 25.7 Å². The van der Waals surface area contributed by atoms with Crippen molar-refractivity contribution in [1.29, 1.82) is 0 Å². The first-order chi connectivity index (χ1) is 12.2. The minimum atomic E-state index is -0.0717. The van der Waals surface area contributed by atoms with Gasteiger partial charge in [0.1, 0.15) is 0 Å². The van der Waals surface area contributed by atoms with E-state index in [1.165, 1.54) is 0 Å². The van der Waals surface area contributed by atoms with Crippen LogP contribution in [0.3, 0.4) is 0 Å². The highest BCUT2D eigenvalue weighted by molar-refractivity contribution is 5.93. The first-order valence-corrected chi connectivity index (χ1v) is 8.61. The van der Waals surface area contributed by atoms with Gasteiger partial charge in [0.2, 0.25) is 5.95 Å². The second-order valence-electron chi connectivity index (χ2n) is 6.17. The Hall–Kier alpha value is -2.64. The lowest BCUT2D eigenvalue weighted by Crippen LogP contribution is -2.41. The van der Waals surface area contributed by atoms with Crippen LogP contribution in [0.1, 0.15) is 30.1 Å². The van der Waals surface area contributed by atoms with E-state index < -0.39 is 0 Å². The number of ether oxygens (including phenoxy) is 1. The average Bonchev–Trinajstić information content (AvgIpc) is 3.16. The monoisotopic (exact) mass is 344 g/mol. The van der Waals surface area contributed by atoms with Crippen LogP contribution < -0.4 is 15.0 Å². The van der Waals surface area contributed by atoms with Crippen molar-refractivity contribution in [2.75, 3.05) is 31.6 Å². The van der Waals surface area contributed by atoms with Crippen molar-refractivity contribution in [2.24, 2.45) is 5.92 Å². The molecule has 1 saturated heterocycles. The van der Waals surface area contributed by atoms with Gasteiger partial charge in [-0.2, -0.15) is 5.10 Å². The van der Waals surface area contributed by atoms with Gasteiger partial charge in [-0.1, -0.05) is 0 Å². The van der Waals surface area contributed by atoms with Crippen LogP contribution in [-0.4, -0.2) is 52.4 Å². The number of carbonyl (C=O) groups is 1. The van der Waals surface area contributed by atoms with Crippen LogP contribution in [0.2, 0.25) is 0 Å². The topological polar surface area (TPSA) is 85.2 Å². The molecule has 8 heteroatoms. The summed E-state index contributed by atoms with van der Waals surface area (Å²) in [6.07, 6.45) is 8.88. The van der Waals surface area contributed by atoms with Crippen LogP contribution in [0.4, 0.5) is 5.95 Å². The molecule has 134 valence electrons. The normalized spacial score (nSPS) is 17.4. The van der Waals surface area contributed by atoms with Crippen molar-refractivity contribution in [3.63, 3.8) is 0 Å². The molecule has 3 rings (SSSR count). The zero-order chi connectivity index (χ0) is 17.6. The van der Waals surface area contributed by atoms with Gasteiger partial charge in [-0.15, -0.1) is 0 Å². The van der Waals surface area contributed by atoms with Gasteiger partial charge in [-0.25, -0.2) is 9.97 Å². The third-order valence-electron chi connectivity index (χ3n) is 4.42. The molecule has 2 aromatic heterocycles. The number of piperidine rings is 1.